The number of phenolic OH excluding ortho intramolecular Hbond substituents is 2. The molecular weight excluding hydrogens is 236 g/mol. The maximum atomic E-state index is 10.1. The maximum absolute atomic E-state index is 10.1. The van der Waals surface area contributed by atoms with Crippen molar-refractivity contribution in [3.05, 3.63) is 17.2 Å². The molecule has 0 saturated carbocycles. The number of aliphatic hydroxyl groups excluding tert-OH is 1. The molecule has 0 saturated heterocycles. The van der Waals surface area contributed by atoms with Gasteiger partial charge in [-0.25, -0.2) is 0 Å². The lowest BCUT2D eigenvalue weighted by Crippen LogP contribution is -1.96. The Morgan fingerprint density at radius 2 is 1.61 bits per heavy atom. The predicted molar refractivity (Wildman–Crippen MR) is 68.3 cm³/mol. The second-order valence-electron chi connectivity index (χ2n) is 3.72. The van der Waals surface area contributed by atoms with Crippen molar-refractivity contribution in [3.8, 4) is 23.0 Å². The van der Waals surface area contributed by atoms with Gasteiger partial charge in [-0.1, -0.05) is 12.2 Å². The molecule has 100 valence electrons. The first-order chi connectivity index (χ1) is 8.58. The molecule has 0 aliphatic heterocycles. The van der Waals surface area contributed by atoms with Crippen LogP contribution in [0.3, 0.4) is 0 Å². The minimum atomic E-state index is -0.0983. The summed E-state index contributed by atoms with van der Waals surface area (Å²) >= 11 is 0. The van der Waals surface area contributed by atoms with Crippen molar-refractivity contribution < 1.29 is 24.8 Å². The van der Waals surface area contributed by atoms with Gasteiger partial charge >= 0.3 is 0 Å². The van der Waals surface area contributed by atoms with Crippen molar-refractivity contribution in [1.29, 1.82) is 0 Å². The van der Waals surface area contributed by atoms with Crippen molar-refractivity contribution in [2.45, 2.75) is 13.3 Å². The van der Waals surface area contributed by atoms with E-state index in [0.29, 0.717) is 17.5 Å². The lowest BCUT2D eigenvalue weighted by molar-refractivity contribution is 0.303. The van der Waals surface area contributed by atoms with E-state index < -0.39 is 0 Å². The SMILES string of the molecule is COc1c(O)c(C)c(C=CCCO)c(O)c1OC. The highest BCUT2D eigenvalue weighted by atomic mass is 16.5. The van der Waals surface area contributed by atoms with Crippen LogP contribution in [0.1, 0.15) is 17.5 Å². The van der Waals surface area contributed by atoms with Crippen molar-refractivity contribution in [2.24, 2.45) is 0 Å². The molecule has 0 heterocycles. The normalized spacial score (nSPS) is 10.9. The molecule has 0 atom stereocenters. The standard InChI is InChI=1S/C13H18O5/c1-8-9(6-4-5-7-14)11(16)13(18-3)12(17-2)10(8)15/h4,6,14-16H,5,7H2,1-3H3. The van der Waals surface area contributed by atoms with Gasteiger partial charge in [0.05, 0.1) is 14.2 Å². The monoisotopic (exact) mass is 254 g/mol. The fourth-order valence-corrected chi connectivity index (χ4v) is 1.67. The fourth-order valence-electron chi connectivity index (χ4n) is 1.67. The first-order valence-corrected chi connectivity index (χ1v) is 5.52. The Kier molecular flexibility index (Phi) is 4.85. The van der Waals surface area contributed by atoms with Crippen LogP contribution in [-0.4, -0.2) is 36.1 Å². The van der Waals surface area contributed by atoms with E-state index in [1.54, 1.807) is 19.1 Å². The Morgan fingerprint density at radius 3 is 2.11 bits per heavy atom. The van der Waals surface area contributed by atoms with Crippen molar-refractivity contribution >= 4 is 6.08 Å². The van der Waals surface area contributed by atoms with Gasteiger partial charge in [0.1, 0.15) is 0 Å². The van der Waals surface area contributed by atoms with E-state index >= 15 is 0 Å². The highest BCUT2D eigenvalue weighted by Gasteiger charge is 2.21. The van der Waals surface area contributed by atoms with E-state index in [1.165, 1.54) is 14.2 Å². The van der Waals surface area contributed by atoms with Gasteiger partial charge in [0.15, 0.2) is 11.5 Å². The van der Waals surface area contributed by atoms with Crippen LogP contribution >= 0.6 is 0 Å². The molecular formula is C13H18O5. The zero-order valence-corrected chi connectivity index (χ0v) is 10.7. The zero-order valence-electron chi connectivity index (χ0n) is 10.7. The summed E-state index contributed by atoms with van der Waals surface area (Å²) in [7, 11) is 2.77. The van der Waals surface area contributed by atoms with Crippen molar-refractivity contribution in [1.82, 2.24) is 0 Å². The van der Waals surface area contributed by atoms with Crippen LogP contribution in [-0.2, 0) is 0 Å². The van der Waals surface area contributed by atoms with Crippen LogP contribution in [0.4, 0.5) is 0 Å². The number of benzene rings is 1. The van der Waals surface area contributed by atoms with Gasteiger partial charge in [-0.3, -0.25) is 0 Å². The molecule has 0 fully saturated rings. The molecule has 0 aromatic heterocycles. The summed E-state index contributed by atoms with van der Waals surface area (Å²) in [6.07, 6.45) is 3.80. The van der Waals surface area contributed by atoms with E-state index in [0.717, 1.165) is 0 Å². The van der Waals surface area contributed by atoms with E-state index in [9.17, 15) is 10.2 Å². The van der Waals surface area contributed by atoms with Crippen LogP contribution in [0.2, 0.25) is 0 Å². The first kappa shape index (κ1) is 14.2. The highest BCUT2D eigenvalue weighted by molar-refractivity contribution is 5.73. The number of hydrogen-bond donors (Lipinski definition) is 3. The highest BCUT2D eigenvalue weighted by Crippen LogP contribution is 2.48. The van der Waals surface area contributed by atoms with Gasteiger partial charge in [-0.05, 0) is 13.3 Å². The van der Waals surface area contributed by atoms with Crippen molar-refractivity contribution in [3.63, 3.8) is 0 Å². The summed E-state index contributed by atoms with van der Waals surface area (Å²) in [5, 5.41) is 28.8. The Bertz CT molecular complexity index is 451. The van der Waals surface area contributed by atoms with E-state index in [2.05, 4.69) is 0 Å². The lowest BCUT2D eigenvalue weighted by Gasteiger charge is -2.15. The van der Waals surface area contributed by atoms with Gasteiger partial charge in [0, 0.05) is 17.7 Å². The molecule has 1 aromatic rings. The minimum Gasteiger partial charge on any atom is -0.504 e. The summed E-state index contributed by atoms with van der Waals surface area (Å²) < 4.78 is 10.0. The molecule has 1 aromatic carbocycles. The van der Waals surface area contributed by atoms with E-state index in [1.807, 2.05) is 0 Å². The molecule has 3 N–H and O–H groups in total. The topological polar surface area (TPSA) is 79.2 Å². The number of rotatable bonds is 5. The number of methoxy groups -OCH3 is 2. The summed E-state index contributed by atoms with van der Waals surface area (Å²) in [5.41, 5.74) is 0.929. The quantitative estimate of drug-likeness (QED) is 0.698. The van der Waals surface area contributed by atoms with Gasteiger partial charge < -0.3 is 24.8 Å². The molecule has 0 bridgehead atoms. The third-order valence-electron chi connectivity index (χ3n) is 2.64. The number of aliphatic hydroxyl groups is 1. The Morgan fingerprint density at radius 1 is 1.06 bits per heavy atom. The molecule has 0 radical (unpaired) electrons. The minimum absolute atomic E-state index is 0.0234. The number of ether oxygens (including phenoxy) is 2. The predicted octanol–water partition coefficient (Wildman–Crippen LogP) is 1.82. The van der Waals surface area contributed by atoms with Crippen molar-refractivity contribution in [2.75, 3.05) is 20.8 Å². The van der Waals surface area contributed by atoms with E-state index in [4.69, 9.17) is 14.6 Å². The summed E-state index contributed by atoms with van der Waals surface area (Å²) in [6.45, 7) is 1.69. The second-order valence-corrected chi connectivity index (χ2v) is 3.72. The van der Waals surface area contributed by atoms with Crippen LogP contribution in [0.15, 0.2) is 6.08 Å². The molecule has 5 nitrogen and oxygen atoms in total. The third kappa shape index (κ3) is 2.51. The second kappa shape index (κ2) is 6.16. The molecule has 0 amide bonds. The number of phenols is 2. The average molecular weight is 254 g/mol. The molecule has 18 heavy (non-hydrogen) atoms. The summed E-state index contributed by atoms with van der Waals surface area (Å²) in [5.74, 6) is 0.0192. The van der Waals surface area contributed by atoms with Gasteiger partial charge in [0.25, 0.3) is 0 Å². The van der Waals surface area contributed by atoms with Gasteiger partial charge in [-0.15, -0.1) is 0 Å². The van der Waals surface area contributed by atoms with Crippen LogP contribution < -0.4 is 9.47 Å². The smallest absolute Gasteiger partial charge is 0.207 e. The lowest BCUT2D eigenvalue weighted by atomic mass is 10.0. The van der Waals surface area contributed by atoms with Crippen LogP contribution in [0.25, 0.3) is 6.08 Å². The summed E-state index contributed by atoms with van der Waals surface area (Å²) in [6, 6.07) is 0. The van der Waals surface area contributed by atoms with Gasteiger partial charge in [-0.2, -0.15) is 0 Å². The maximum Gasteiger partial charge on any atom is 0.207 e. The molecule has 0 unspecified atom stereocenters. The third-order valence-corrected chi connectivity index (χ3v) is 2.64. The zero-order chi connectivity index (χ0) is 13.7. The Hall–Kier alpha value is -1.88. The largest absolute Gasteiger partial charge is 0.504 e. The van der Waals surface area contributed by atoms with Crippen LogP contribution in [0, 0.1) is 6.92 Å². The number of aromatic hydroxyl groups is 2. The Balaban J connectivity index is 3.39. The van der Waals surface area contributed by atoms with Gasteiger partial charge in [0.2, 0.25) is 11.5 Å². The van der Waals surface area contributed by atoms with Crippen LogP contribution in [0.5, 0.6) is 23.0 Å². The average Bonchev–Trinajstić information content (AvgIpc) is 2.37. The van der Waals surface area contributed by atoms with E-state index in [-0.39, 0.29) is 29.6 Å². The molecule has 0 aliphatic rings. The molecule has 5 heteroatoms. The molecule has 1 rings (SSSR count). The Labute approximate surface area is 106 Å². The number of hydrogen-bond acceptors (Lipinski definition) is 5. The molecule has 0 spiro atoms. The first-order valence-electron chi connectivity index (χ1n) is 5.52. The summed E-state index contributed by atoms with van der Waals surface area (Å²) in [4.78, 5) is 0. The fraction of sp³-hybridized carbons (Fsp3) is 0.385. The molecule has 0 aliphatic carbocycles.